The third-order valence-electron chi connectivity index (χ3n) is 2.74. The molecule has 0 aliphatic carbocycles. The standard InChI is InChI=1S/C13H19N3O3/c1-10(8-14-2)9-15-13(17)7-11-5-3-4-6-12(11)16(18)19/h3-6,10,14H,7-9H2,1-2H3,(H,15,17). The molecule has 19 heavy (non-hydrogen) atoms. The lowest BCUT2D eigenvalue weighted by molar-refractivity contribution is -0.385. The van der Waals surface area contributed by atoms with E-state index >= 15 is 0 Å². The van der Waals surface area contributed by atoms with Crippen molar-refractivity contribution in [1.29, 1.82) is 0 Å². The minimum Gasteiger partial charge on any atom is -0.355 e. The van der Waals surface area contributed by atoms with Crippen LogP contribution >= 0.6 is 0 Å². The Bertz CT molecular complexity index is 449. The molecule has 6 nitrogen and oxygen atoms in total. The molecule has 1 atom stereocenters. The SMILES string of the molecule is CNCC(C)CNC(=O)Cc1ccccc1[N+](=O)[O-]. The summed E-state index contributed by atoms with van der Waals surface area (Å²) < 4.78 is 0. The quantitative estimate of drug-likeness (QED) is 0.571. The van der Waals surface area contributed by atoms with Crippen molar-refractivity contribution >= 4 is 11.6 Å². The molecule has 0 aliphatic heterocycles. The molecule has 0 saturated carbocycles. The number of nitrogens with zero attached hydrogens (tertiary/aromatic N) is 1. The molecule has 0 fully saturated rings. The number of benzene rings is 1. The summed E-state index contributed by atoms with van der Waals surface area (Å²) >= 11 is 0. The van der Waals surface area contributed by atoms with Crippen LogP contribution in [-0.2, 0) is 11.2 Å². The van der Waals surface area contributed by atoms with Gasteiger partial charge in [0.05, 0.1) is 11.3 Å². The maximum absolute atomic E-state index is 11.7. The molecule has 0 spiro atoms. The normalized spacial score (nSPS) is 11.9. The summed E-state index contributed by atoms with van der Waals surface area (Å²) in [6, 6.07) is 6.30. The summed E-state index contributed by atoms with van der Waals surface area (Å²) in [6.45, 7) is 3.38. The second-order valence-corrected chi connectivity index (χ2v) is 4.53. The van der Waals surface area contributed by atoms with E-state index in [0.717, 1.165) is 6.54 Å². The topological polar surface area (TPSA) is 84.3 Å². The molecule has 0 saturated heterocycles. The largest absolute Gasteiger partial charge is 0.355 e. The Hall–Kier alpha value is -1.95. The van der Waals surface area contributed by atoms with Crippen molar-refractivity contribution < 1.29 is 9.72 Å². The van der Waals surface area contributed by atoms with E-state index in [0.29, 0.717) is 18.0 Å². The van der Waals surface area contributed by atoms with Gasteiger partial charge in [0.1, 0.15) is 0 Å². The van der Waals surface area contributed by atoms with Gasteiger partial charge in [0.25, 0.3) is 5.69 Å². The third kappa shape index (κ3) is 5.05. The number of hydrogen-bond acceptors (Lipinski definition) is 4. The van der Waals surface area contributed by atoms with Crippen molar-refractivity contribution in [3.05, 3.63) is 39.9 Å². The highest BCUT2D eigenvalue weighted by Crippen LogP contribution is 2.17. The van der Waals surface area contributed by atoms with E-state index in [1.54, 1.807) is 18.2 Å². The number of para-hydroxylation sites is 1. The Morgan fingerprint density at radius 2 is 2.05 bits per heavy atom. The summed E-state index contributed by atoms with van der Waals surface area (Å²) in [6.07, 6.45) is 0.0312. The molecule has 1 rings (SSSR count). The van der Waals surface area contributed by atoms with Gasteiger partial charge < -0.3 is 10.6 Å². The molecular formula is C13H19N3O3. The van der Waals surface area contributed by atoms with Gasteiger partial charge in [-0.05, 0) is 19.5 Å². The van der Waals surface area contributed by atoms with Crippen LogP contribution in [0, 0.1) is 16.0 Å². The monoisotopic (exact) mass is 265 g/mol. The van der Waals surface area contributed by atoms with Gasteiger partial charge in [-0.1, -0.05) is 25.1 Å². The number of hydrogen-bond donors (Lipinski definition) is 2. The van der Waals surface area contributed by atoms with Crippen molar-refractivity contribution in [2.24, 2.45) is 5.92 Å². The average molecular weight is 265 g/mol. The molecule has 0 radical (unpaired) electrons. The lowest BCUT2D eigenvalue weighted by Crippen LogP contribution is -2.33. The minimum absolute atomic E-state index is 0.0130. The molecule has 1 aromatic rings. The fourth-order valence-electron chi connectivity index (χ4n) is 1.78. The first-order valence-electron chi connectivity index (χ1n) is 6.18. The van der Waals surface area contributed by atoms with Crippen LogP contribution in [0.1, 0.15) is 12.5 Å². The zero-order valence-corrected chi connectivity index (χ0v) is 11.2. The van der Waals surface area contributed by atoms with Crippen molar-refractivity contribution in [2.45, 2.75) is 13.3 Å². The Kier molecular flexibility index (Phi) is 5.95. The minimum atomic E-state index is -0.466. The predicted octanol–water partition coefficient (Wildman–Crippen LogP) is 1.11. The van der Waals surface area contributed by atoms with Gasteiger partial charge in [0.2, 0.25) is 5.91 Å². The molecule has 0 aromatic heterocycles. The summed E-state index contributed by atoms with van der Waals surface area (Å²) in [5.41, 5.74) is 0.423. The first-order chi connectivity index (χ1) is 9.04. The average Bonchev–Trinajstić information content (AvgIpc) is 2.37. The van der Waals surface area contributed by atoms with Crippen LogP contribution in [0.5, 0.6) is 0 Å². The van der Waals surface area contributed by atoms with Gasteiger partial charge >= 0.3 is 0 Å². The highest BCUT2D eigenvalue weighted by atomic mass is 16.6. The molecule has 104 valence electrons. The number of carbonyl (C=O) groups excluding carboxylic acids is 1. The fraction of sp³-hybridized carbons (Fsp3) is 0.462. The van der Waals surface area contributed by atoms with Gasteiger partial charge in [-0.15, -0.1) is 0 Å². The van der Waals surface area contributed by atoms with E-state index in [1.807, 2.05) is 14.0 Å². The molecular weight excluding hydrogens is 246 g/mol. The highest BCUT2D eigenvalue weighted by molar-refractivity contribution is 5.79. The lowest BCUT2D eigenvalue weighted by Gasteiger charge is -2.11. The summed E-state index contributed by atoms with van der Waals surface area (Å²) in [5.74, 6) is 0.122. The predicted molar refractivity (Wildman–Crippen MR) is 72.9 cm³/mol. The molecule has 0 heterocycles. The summed E-state index contributed by atoms with van der Waals surface area (Å²) in [5, 5.41) is 16.6. The van der Waals surface area contributed by atoms with E-state index in [-0.39, 0.29) is 18.0 Å². The van der Waals surface area contributed by atoms with Crippen LogP contribution in [0.15, 0.2) is 24.3 Å². The number of nitrogens with one attached hydrogen (secondary N) is 2. The number of nitro groups is 1. The van der Waals surface area contributed by atoms with Gasteiger partial charge in [-0.2, -0.15) is 0 Å². The summed E-state index contributed by atoms with van der Waals surface area (Å²) in [7, 11) is 1.85. The van der Waals surface area contributed by atoms with Crippen LogP contribution in [-0.4, -0.2) is 31.0 Å². The van der Waals surface area contributed by atoms with Crippen LogP contribution in [0.3, 0.4) is 0 Å². The maximum Gasteiger partial charge on any atom is 0.273 e. The zero-order valence-electron chi connectivity index (χ0n) is 11.2. The van der Waals surface area contributed by atoms with Gasteiger partial charge in [0, 0.05) is 18.2 Å². The van der Waals surface area contributed by atoms with Crippen molar-refractivity contribution in [3.63, 3.8) is 0 Å². The molecule has 2 N–H and O–H groups in total. The fourth-order valence-corrected chi connectivity index (χ4v) is 1.78. The van der Waals surface area contributed by atoms with Crippen LogP contribution < -0.4 is 10.6 Å². The Balaban J connectivity index is 2.55. The number of nitro benzene ring substituents is 1. The molecule has 0 bridgehead atoms. The molecule has 1 amide bonds. The third-order valence-corrected chi connectivity index (χ3v) is 2.74. The van der Waals surface area contributed by atoms with E-state index < -0.39 is 4.92 Å². The smallest absolute Gasteiger partial charge is 0.273 e. The van der Waals surface area contributed by atoms with E-state index in [1.165, 1.54) is 6.07 Å². The summed E-state index contributed by atoms with van der Waals surface area (Å²) in [4.78, 5) is 22.1. The molecule has 1 aromatic carbocycles. The molecule has 0 aliphatic rings. The van der Waals surface area contributed by atoms with Crippen molar-refractivity contribution in [1.82, 2.24) is 10.6 Å². The van der Waals surface area contributed by atoms with Crippen molar-refractivity contribution in [3.8, 4) is 0 Å². The molecule has 1 unspecified atom stereocenters. The van der Waals surface area contributed by atoms with Crippen molar-refractivity contribution in [2.75, 3.05) is 20.1 Å². The van der Waals surface area contributed by atoms with Crippen LogP contribution in [0.2, 0.25) is 0 Å². The number of amides is 1. The first kappa shape index (κ1) is 15.1. The van der Waals surface area contributed by atoms with E-state index in [2.05, 4.69) is 10.6 Å². The highest BCUT2D eigenvalue weighted by Gasteiger charge is 2.15. The van der Waals surface area contributed by atoms with Crippen LogP contribution in [0.25, 0.3) is 0 Å². The Morgan fingerprint density at radius 1 is 1.37 bits per heavy atom. The lowest BCUT2D eigenvalue weighted by atomic mass is 10.1. The Morgan fingerprint density at radius 3 is 2.68 bits per heavy atom. The van der Waals surface area contributed by atoms with Gasteiger partial charge in [0.15, 0.2) is 0 Å². The maximum atomic E-state index is 11.7. The zero-order chi connectivity index (χ0) is 14.3. The number of rotatable bonds is 7. The first-order valence-corrected chi connectivity index (χ1v) is 6.18. The second-order valence-electron chi connectivity index (χ2n) is 4.53. The van der Waals surface area contributed by atoms with Crippen LogP contribution in [0.4, 0.5) is 5.69 Å². The number of carbonyl (C=O) groups is 1. The Labute approximate surface area is 112 Å². The van der Waals surface area contributed by atoms with E-state index in [9.17, 15) is 14.9 Å². The molecule has 6 heteroatoms. The van der Waals surface area contributed by atoms with Gasteiger partial charge in [-0.25, -0.2) is 0 Å². The second kappa shape index (κ2) is 7.48. The van der Waals surface area contributed by atoms with Gasteiger partial charge in [-0.3, -0.25) is 14.9 Å². The van der Waals surface area contributed by atoms with E-state index in [4.69, 9.17) is 0 Å².